The third-order valence-corrected chi connectivity index (χ3v) is 3.69. The molecule has 2 N–H and O–H groups in total. The largest absolute Gasteiger partial charge is 0.392 e. The second kappa shape index (κ2) is 4.75. The number of fused-ring (bicyclic) bond motifs is 3. The lowest BCUT2D eigenvalue weighted by atomic mass is 10.0. The van der Waals surface area contributed by atoms with Crippen LogP contribution in [0.3, 0.4) is 0 Å². The van der Waals surface area contributed by atoms with Gasteiger partial charge in [-0.1, -0.05) is 18.2 Å². The SMILES string of the molecule is CC(O)CN1CCc2c([nH]c3c2C=CCC=C3)C1. The lowest BCUT2D eigenvalue weighted by Crippen LogP contribution is -2.35. The maximum absolute atomic E-state index is 9.48. The number of aliphatic hydroxyl groups excluding tert-OH is 1. The Morgan fingerprint density at radius 1 is 1.39 bits per heavy atom. The fraction of sp³-hybridized carbons (Fsp3) is 0.467. The summed E-state index contributed by atoms with van der Waals surface area (Å²) in [4.78, 5) is 5.85. The molecule has 1 unspecified atom stereocenters. The number of hydrogen-bond acceptors (Lipinski definition) is 2. The zero-order valence-corrected chi connectivity index (χ0v) is 10.8. The first-order chi connectivity index (χ1) is 8.74. The van der Waals surface area contributed by atoms with Crippen LogP contribution < -0.4 is 0 Å². The molecule has 3 heteroatoms. The second-order valence-electron chi connectivity index (χ2n) is 5.28. The van der Waals surface area contributed by atoms with Gasteiger partial charge in [0, 0.05) is 36.6 Å². The van der Waals surface area contributed by atoms with Gasteiger partial charge in [0.25, 0.3) is 0 Å². The minimum atomic E-state index is -0.251. The molecule has 3 nitrogen and oxygen atoms in total. The van der Waals surface area contributed by atoms with E-state index in [0.29, 0.717) is 0 Å². The number of hydrogen-bond donors (Lipinski definition) is 2. The summed E-state index contributed by atoms with van der Waals surface area (Å²) in [6.07, 6.45) is 10.7. The van der Waals surface area contributed by atoms with Crippen molar-refractivity contribution in [2.45, 2.75) is 32.4 Å². The lowest BCUT2D eigenvalue weighted by Gasteiger charge is -2.28. The molecule has 96 valence electrons. The maximum atomic E-state index is 9.48. The fourth-order valence-electron chi connectivity index (χ4n) is 2.93. The summed E-state index contributed by atoms with van der Waals surface area (Å²) in [7, 11) is 0. The molecule has 2 aliphatic rings. The van der Waals surface area contributed by atoms with Crippen LogP contribution in [0.4, 0.5) is 0 Å². The van der Waals surface area contributed by atoms with Gasteiger partial charge in [-0.25, -0.2) is 0 Å². The summed E-state index contributed by atoms with van der Waals surface area (Å²) in [5.41, 5.74) is 5.40. The standard InChI is InChI=1S/C15H20N2O/c1-11(18)9-17-8-7-13-12-5-3-2-4-6-14(12)16-15(13)10-17/h3-6,11,16,18H,2,7-10H2,1H3. The van der Waals surface area contributed by atoms with Crippen LogP contribution in [-0.2, 0) is 13.0 Å². The number of aromatic amines is 1. The number of β-amino-alcohol motifs (C(OH)–C–C–N with tert-alkyl or cyclic N) is 1. The Kier molecular flexibility index (Phi) is 3.10. The minimum Gasteiger partial charge on any atom is -0.392 e. The van der Waals surface area contributed by atoms with Crippen LogP contribution in [0, 0.1) is 0 Å². The van der Waals surface area contributed by atoms with Crippen LogP contribution in [-0.4, -0.2) is 34.2 Å². The molecule has 0 radical (unpaired) electrons. The molecule has 1 aromatic heterocycles. The van der Waals surface area contributed by atoms with E-state index in [1.807, 2.05) is 6.92 Å². The molecule has 0 saturated heterocycles. The maximum Gasteiger partial charge on any atom is 0.0639 e. The second-order valence-corrected chi connectivity index (χ2v) is 5.28. The number of aliphatic hydroxyl groups is 1. The van der Waals surface area contributed by atoms with Crippen LogP contribution in [0.5, 0.6) is 0 Å². The van der Waals surface area contributed by atoms with Crippen LogP contribution in [0.15, 0.2) is 12.2 Å². The van der Waals surface area contributed by atoms with Crippen molar-refractivity contribution in [3.63, 3.8) is 0 Å². The molecule has 0 bridgehead atoms. The molecule has 18 heavy (non-hydrogen) atoms. The van der Waals surface area contributed by atoms with Crippen molar-refractivity contribution >= 4 is 12.2 Å². The summed E-state index contributed by atoms with van der Waals surface area (Å²) in [5, 5.41) is 9.48. The molecule has 2 heterocycles. The van der Waals surface area contributed by atoms with Crippen molar-refractivity contribution in [1.82, 2.24) is 9.88 Å². The van der Waals surface area contributed by atoms with Gasteiger partial charge in [0.1, 0.15) is 0 Å². The monoisotopic (exact) mass is 244 g/mol. The first kappa shape index (κ1) is 11.8. The van der Waals surface area contributed by atoms with Crippen molar-refractivity contribution < 1.29 is 5.11 Å². The summed E-state index contributed by atoms with van der Waals surface area (Å²) < 4.78 is 0. The van der Waals surface area contributed by atoms with E-state index in [4.69, 9.17) is 0 Å². The predicted molar refractivity (Wildman–Crippen MR) is 74.1 cm³/mol. The van der Waals surface area contributed by atoms with E-state index in [0.717, 1.165) is 32.5 Å². The number of aromatic nitrogens is 1. The van der Waals surface area contributed by atoms with Gasteiger partial charge in [-0.05, 0) is 31.4 Å². The molecule has 1 aliphatic heterocycles. The predicted octanol–water partition coefficient (Wildman–Crippen LogP) is 2.18. The molecule has 1 aromatic rings. The minimum absolute atomic E-state index is 0.251. The van der Waals surface area contributed by atoms with Crippen molar-refractivity contribution in [2.75, 3.05) is 13.1 Å². The average molecular weight is 244 g/mol. The highest BCUT2D eigenvalue weighted by atomic mass is 16.3. The Bertz CT molecular complexity index is 497. The zero-order valence-electron chi connectivity index (χ0n) is 10.8. The number of H-pyrrole nitrogens is 1. The van der Waals surface area contributed by atoms with E-state index >= 15 is 0 Å². The van der Waals surface area contributed by atoms with E-state index in [9.17, 15) is 5.11 Å². The van der Waals surface area contributed by atoms with Crippen LogP contribution in [0.1, 0.15) is 35.9 Å². The molecular formula is C15H20N2O. The van der Waals surface area contributed by atoms with Gasteiger partial charge in [-0.2, -0.15) is 0 Å². The highest BCUT2D eigenvalue weighted by molar-refractivity contribution is 5.69. The molecule has 1 atom stereocenters. The topological polar surface area (TPSA) is 39.3 Å². The first-order valence-corrected chi connectivity index (χ1v) is 6.71. The van der Waals surface area contributed by atoms with Gasteiger partial charge in [0.05, 0.1) is 6.10 Å². The van der Waals surface area contributed by atoms with Crippen LogP contribution in [0.25, 0.3) is 12.2 Å². The Labute approximate surface area is 108 Å². The zero-order chi connectivity index (χ0) is 12.5. The molecule has 1 aliphatic carbocycles. The van der Waals surface area contributed by atoms with Gasteiger partial charge in [-0.15, -0.1) is 0 Å². The van der Waals surface area contributed by atoms with E-state index < -0.39 is 0 Å². The molecule has 0 amide bonds. The van der Waals surface area contributed by atoms with E-state index in [1.165, 1.54) is 22.5 Å². The summed E-state index contributed by atoms with van der Waals surface area (Å²) in [6.45, 7) is 4.58. The normalized spacial score (nSPS) is 20.3. The number of allylic oxidation sites excluding steroid dienone is 2. The molecule has 0 spiro atoms. The molecular weight excluding hydrogens is 224 g/mol. The van der Waals surface area contributed by atoms with E-state index in [-0.39, 0.29) is 6.10 Å². The number of rotatable bonds is 2. The molecule has 0 fully saturated rings. The fourth-order valence-corrected chi connectivity index (χ4v) is 2.93. The lowest BCUT2D eigenvalue weighted by molar-refractivity contribution is 0.118. The van der Waals surface area contributed by atoms with Gasteiger partial charge in [-0.3, -0.25) is 4.90 Å². The third-order valence-electron chi connectivity index (χ3n) is 3.69. The van der Waals surface area contributed by atoms with Gasteiger partial charge >= 0.3 is 0 Å². The van der Waals surface area contributed by atoms with Crippen molar-refractivity contribution in [1.29, 1.82) is 0 Å². The first-order valence-electron chi connectivity index (χ1n) is 6.71. The number of nitrogens with zero attached hydrogens (tertiary/aromatic N) is 1. The molecule has 0 aromatic carbocycles. The molecule has 3 rings (SSSR count). The Hall–Kier alpha value is -1.32. The molecule has 0 saturated carbocycles. The highest BCUT2D eigenvalue weighted by Gasteiger charge is 2.22. The van der Waals surface area contributed by atoms with Crippen molar-refractivity contribution in [3.8, 4) is 0 Å². The summed E-state index contributed by atoms with van der Waals surface area (Å²) in [5.74, 6) is 0. The van der Waals surface area contributed by atoms with Crippen molar-refractivity contribution in [2.24, 2.45) is 0 Å². The quantitative estimate of drug-likeness (QED) is 0.837. The Balaban J connectivity index is 1.88. The van der Waals surface area contributed by atoms with E-state index in [1.54, 1.807) is 0 Å². The average Bonchev–Trinajstić information content (AvgIpc) is 2.51. The van der Waals surface area contributed by atoms with Crippen LogP contribution in [0.2, 0.25) is 0 Å². The van der Waals surface area contributed by atoms with E-state index in [2.05, 4.69) is 34.2 Å². The van der Waals surface area contributed by atoms with Gasteiger partial charge in [0.15, 0.2) is 0 Å². The summed E-state index contributed by atoms with van der Waals surface area (Å²) >= 11 is 0. The Morgan fingerprint density at radius 3 is 3.06 bits per heavy atom. The van der Waals surface area contributed by atoms with Gasteiger partial charge in [0.2, 0.25) is 0 Å². The number of nitrogens with one attached hydrogen (secondary N) is 1. The highest BCUT2D eigenvalue weighted by Crippen LogP contribution is 2.28. The summed E-state index contributed by atoms with van der Waals surface area (Å²) in [6, 6.07) is 0. The third kappa shape index (κ3) is 2.16. The van der Waals surface area contributed by atoms with Gasteiger partial charge < -0.3 is 10.1 Å². The van der Waals surface area contributed by atoms with Crippen molar-refractivity contribution in [3.05, 3.63) is 34.7 Å². The smallest absolute Gasteiger partial charge is 0.0639 e. The van der Waals surface area contributed by atoms with Crippen LogP contribution >= 0.6 is 0 Å². The Morgan fingerprint density at radius 2 is 2.22 bits per heavy atom.